The Hall–Kier alpha value is -2.18. The summed E-state index contributed by atoms with van der Waals surface area (Å²) in [6.45, 7) is 3.67. The quantitative estimate of drug-likeness (QED) is 0.803. The molecule has 2 fully saturated rings. The van der Waals surface area contributed by atoms with E-state index in [1.54, 1.807) is 0 Å². The Labute approximate surface area is 148 Å². The highest BCUT2D eigenvalue weighted by Crippen LogP contribution is 2.38. The van der Waals surface area contributed by atoms with E-state index < -0.39 is 0 Å². The van der Waals surface area contributed by atoms with Crippen LogP contribution in [0.5, 0.6) is 0 Å². The van der Waals surface area contributed by atoms with E-state index in [1.807, 2.05) is 34.4 Å². The van der Waals surface area contributed by atoms with E-state index in [1.165, 1.54) is 12.8 Å². The number of aromatic nitrogens is 5. The van der Waals surface area contributed by atoms with Gasteiger partial charge >= 0.3 is 0 Å². The number of nitrogens with zero attached hydrogens (tertiary/aromatic N) is 6. The molecule has 3 heterocycles. The second-order valence-corrected chi connectivity index (χ2v) is 7.40. The second-order valence-electron chi connectivity index (χ2n) is 7.40. The van der Waals surface area contributed by atoms with Gasteiger partial charge in [-0.2, -0.15) is 5.10 Å². The highest BCUT2D eigenvalue weighted by Gasteiger charge is 2.30. The molecule has 0 aromatic carbocycles. The molecule has 7 heteroatoms. The molecule has 1 amide bonds. The lowest BCUT2D eigenvalue weighted by molar-refractivity contribution is -0.132. The predicted octanol–water partition coefficient (Wildman–Crippen LogP) is 1.82. The zero-order chi connectivity index (χ0) is 17.4. The van der Waals surface area contributed by atoms with Crippen LogP contribution >= 0.6 is 0 Å². The zero-order valence-electron chi connectivity index (χ0n) is 15.1. The summed E-state index contributed by atoms with van der Waals surface area (Å²) in [6.07, 6.45) is 9.85. The number of aryl methyl sites for hydroxylation is 2. The maximum absolute atomic E-state index is 12.7. The molecule has 2 aromatic heterocycles. The molecule has 0 radical (unpaired) electrons. The first-order chi connectivity index (χ1) is 12.1. The Bertz CT molecular complexity index is 759. The minimum Gasteiger partial charge on any atom is -0.338 e. The number of hydrogen-bond donors (Lipinski definition) is 0. The van der Waals surface area contributed by atoms with Gasteiger partial charge < -0.3 is 4.90 Å². The van der Waals surface area contributed by atoms with Gasteiger partial charge in [0.25, 0.3) is 0 Å². The summed E-state index contributed by atoms with van der Waals surface area (Å²) in [4.78, 5) is 14.8. The molecule has 1 atom stereocenters. The lowest BCUT2D eigenvalue weighted by Gasteiger charge is -2.24. The fourth-order valence-electron chi connectivity index (χ4n) is 3.71. The number of likely N-dealkylation sites (tertiary alicyclic amines) is 1. The van der Waals surface area contributed by atoms with Crippen molar-refractivity contribution < 1.29 is 4.79 Å². The molecule has 0 N–H and O–H groups in total. The minimum absolute atomic E-state index is 0.244. The van der Waals surface area contributed by atoms with Crippen molar-refractivity contribution in [3.63, 3.8) is 0 Å². The van der Waals surface area contributed by atoms with Crippen LogP contribution in [-0.2, 0) is 24.8 Å². The third-order valence-corrected chi connectivity index (χ3v) is 5.59. The molecule has 1 saturated heterocycles. The van der Waals surface area contributed by atoms with E-state index in [2.05, 4.69) is 21.6 Å². The van der Waals surface area contributed by atoms with Gasteiger partial charge in [-0.15, -0.1) is 5.10 Å². The lowest BCUT2D eigenvalue weighted by Crippen LogP contribution is -2.38. The number of hydrogen-bond acceptors (Lipinski definition) is 4. The highest BCUT2D eigenvalue weighted by atomic mass is 16.2. The van der Waals surface area contributed by atoms with Crippen LogP contribution in [0.1, 0.15) is 55.0 Å². The largest absolute Gasteiger partial charge is 0.338 e. The summed E-state index contributed by atoms with van der Waals surface area (Å²) in [7, 11) is 1.94. The molecule has 1 aliphatic heterocycles. The summed E-state index contributed by atoms with van der Waals surface area (Å²) in [5.41, 5.74) is 3.42. The Morgan fingerprint density at radius 3 is 2.88 bits per heavy atom. The molecule has 1 aliphatic carbocycles. The van der Waals surface area contributed by atoms with Gasteiger partial charge in [-0.1, -0.05) is 5.21 Å². The Balaban J connectivity index is 1.34. The van der Waals surface area contributed by atoms with Crippen molar-refractivity contribution in [2.75, 3.05) is 6.54 Å². The Kier molecular flexibility index (Phi) is 4.31. The molecule has 0 unspecified atom stereocenters. The van der Waals surface area contributed by atoms with E-state index in [0.717, 1.165) is 49.3 Å². The van der Waals surface area contributed by atoms with Crippen molar-refractivity contribution in [2.24, 2.45) is 7.05 Å². The first-order valence-corrected chi connectivity index (χ1v) is 9.29. The van der Waals surface area contributed by atoms with Gasteiger partial charge in [-0.25, -0.2) is 0 Å². The van der Waals surface area contributed by atoms with E-state index in [-0.39, 0.29) is 11.9 Å². The van der Waals surface area contributed by atoms with Crippen molar-refractivity contribution >= 4 is 5.91 Å². The SMILES string of the molecule is Cc1c(CCC(=O)N2CCC[C@H]2Cn2cc(C3CC3)nn2)cnn1C. The van der Waals surface area contributed by atoms with Gasteiger partial charge in [0.15, 0.2) is 0 Å². The summed E-state index contributed by atoms with van der Waals surface area (Å²) >= 11 is 0. The number of rotatable bonds is 6. The zero-order valence-corrected chi connectivity index (χ0v) is 15.1. The van der Waals surface area contributed by atoms with Crippen LogP contribution in [-0.4, -0.2) is 48.2 Å². The van der Waals surface area contributed by atoms with Crippen LogP contribution in [0.25, 0.3) is 0 Å². The summed E-state index contributed by atoms with van der Waals surface area (Å²) < 4.78 is 3.79. The van der Waals surface area contributed by atoms with E-state index in [0.29, 0.717) is 12.3 Å². The average Bonchev–Trinajstić information content (AvgIpc) is 3.03. The normalized spacial score (nSPS) is 20.4. The molecule has 4 rings (SSSR count). The topological polar surface area (TPSA) is 68.8 Å². The lowest BCUT2D eigenvalue weighted by atomic mass is 10.1. The molecule has 2 aromatic rings. The predicted molar refractivity (Wildman–Crippen MR) is 93.0 cm³/mol. The smallest absolute Gasteiger partial charge is 0.223 e. The van der Waals surface area contributed by atoms with Gasteiger partial charge in [0.2, 0.25) is 5.91 Å². The van der Waals surface area contributed by atoms with Gasteiger partial charge in [-0.05, 0) is 44.6 Å². The summed E-state index contributed by atoms with van der Waals surface area (Å²) in [5.74, 6) is 0.867. The fourth-order valence-corrected chi connectivity index (χ4v) is 3.71. The summed E-state index contributed by atoms with van der Waals surface area (Å²) in [6, 6.07) is 0.247. The van der Waals surface area contributed by atoms with Crippen molar-refractivity contribution in [3.8, 4) is 0 Å². The average molecular weight is 342 g/mol. The highest BCUT2D eigenvalue weighted by molar-refractivity contribution is 5.77. The Morgan fingerprint density at radius 2 is 2.16 bits per heavy atom. The molecule has 134 valence electrons. The van der Waals surface area contributed by atoms with Crippen molar-refractivity contribution in [1.29, 1.82) is 0 Å². The van der Waals surface area contributed by atoms with E-state index >= 15 is 0 Å². The van der Waals surface area contributed by atoms with Crippen molar-refractivity contribution in [2.45, 2.75) is 64.0 Å². The van der Waals surface area contributed by atoms with E-state index in [4.69, 9.17) is 0 Å². The fraction of sp³-hybridized carbons (Fsp3) is 0.667. The third kappa shape index (κ3) is 3.45. The second kappa shape index (κ2) is 6.61. The molecule has 0 spiro atoms. The first-order valence-electron chi connectivity index (χ1n) is 9.29. The van der Waals surface area contributed by atoms with Crippen LogP contribution in [0.3, 0.4) is 0 Å². The first kappa shape index (κ1) is 16.3. The Morgan fingerprint density at radius 1 is 1.32 bits per heavy atom. The molecule has 7 nitrogen and oxygen atoms in total. The van der Waals surface area contributed by atoms with Gasteiger partial charge in [0.05, 0.1) is 24.5 Å². The van der Waals surface area contributed by atoms with E-state index in [9.17, 15) is 4.79 Å². The molecule has 2 aliphatic rings. The molecular weight excluding hydrogens is 316 g/mol. The molecule has 1 saturated carbocycles. The molecule has 0 bridgehead atoms. The number of carbonyl (C=O) groups is 1. The summed E-state index contributed by atoms with van der Waals surface area (Å²) in [5, 5.41) is 12.8. The maximum atomic E-state index is 12.7. The maximum Gasteiger partial charge on any atom is 0.223 e. The van der Waals surface area contributed by atoms with Gasteiger partial charge in [0, 0.05) is 37.8 Å². The third-order valence-electron chi connectivity index (χ3n) is 5.59. The van der Waals surface area contributed by atoms with Crippen LogP contribution in [0.15, 0.2) is 12.4 Å². The van der Waals surface area contributed by atoms with Crippen LogP contribution in [0.2, 0.25) is 0 Å². The number of amides is 1. The van der Waals surface area contributed by atoms with Crippen LogP contribution in [0.4, 0.5) is 0 Å². The van der Waals surface area contributed by atoms with Crippen molar-refractivity contribution in [3.05, 3.63) is 29.3 Å². The van der Waals surface area contributed by atoms with Crippen LogP contribution in [0, 0.1) is 6.92 Å². The minimum atomic E-state index is 0.244. The van der Waals surface area contributed by atoms with Gasteiger partial charge in [0.1, 0.15) is 0 Å². The molecular formula is C18H26N6O. The van der Waals surface area contributed by atoms with Gasteiger partial charge in [-0.3, -0.25) is 14.2 Å². The number of carbonyl (C=O) groups excluding carboxylic acids is 1. The molecule has 25 heavy (non-hydrogen) atoms. The van der Waals surface area contributed by atoms with Crippen LogP contribution < -0.4 is 0 Å². The standard InChI is InChI=1S/C18H26N6O/c1-13-15(10-19-22(13)2)7-8-18(25)24-9-3-4-16(24)11-23-12-17(20-21-23)14-5-6-14/h10,12,14,16H,3-9,11H2,1-2H3/t16-/m0/s1. The monoisotopic (exact) mass is 342 g/mol. The van der Waals surface area contributed by atoms with Crippen molar-refractivity contribution in [1.82, 2.24) is 29.7 Å².